The van der Waals surface area contributed by atoms with Crippen molar-refractivity contribution in [3.63, 3.8) is 0 Å². The molecule has 0 saturated carbocycles. The number of rotatable bonds is 5. The zero-order valence-electron chi connectivity index (χ0n) is 10.5. The van der Waals surface area contributed by atoms with E-state index in [1.165, 1.54) is 5.69 Å². The molecule has 0 saturated heterocycles. The fraction of sp³-hybridized carbons (Fsp3) is 0.417. The van der Waals surface area contributed by atoms with Gasteiger partial charge >= 0.3 is 0 Å². The molecule has 0 spiro atoms. The maximum atomic E-state index is 5.95. The Morgan fingerprint density at radius 2 is 2.33 bits per heavy atom. The number of aryl methyl sites for hydroxylation is 2. The lowest BCUT2D eigenvalue weighted by molar-refractivity contribution is 0.537. The molecule has 4 nitrogen and oxygen atoms in total. The highest BCUT2D eigenvalue weighted by atomic mass is 35.5. The molecule has 0 amide bonds. The van der Waals surface area contributed by atoms with Crippen molar-refractivity contribution in [3.8, 4) is 0 Å². The molecule has 2 aromatic rings. The molecule has 98 valence electrons. The smallest absolute Gasteiger partial charge is 0.0931 e. The van der Waals surface area contributed by atoms with Crippen LogP contribution in [-0.4, -0.2) is 9.78 Å². The topological polar surface area (TPSA) is 55.9 Å². The maximum absolute atomic E-state index is 5.95. The summed E-state index contributed by atoms with van der Waals surface area (Å²) in [5.41, 5.74) is 5.12. The van der Waals surface area contributed by atoms with E-state index >= 15 is 0 Å². The van der Waals surface area contributed by atoms with Gasteiger partial charge in [-0.2, -0.15) is 5.10 Å². The van der Waals surface area contributed by atoms with Crippen molar-refractivity contribution in [1.29, 1.82) is 0 Å². The number of hydrazine groups is 1. The third kappa shape index (κ3) is 2.92. The molecule has 1 unspecified atom stereocenters. The third-order valence-electron chi connectivity index (χ3n) is 2.94. The highest BCUT2D eigenvalue weighted by Gasteiger charge is 2.15. The molecule has 0 aromatic carbocycles. The van der Waals surface area contributed by atoms with Crippen LogP contribution < -0.4 is 11.3 Å². The number of halogens is 1. The van der Waals surface area contributed by atoms with Crippen LogP contribution in [0.5, 0.6) is 0 Å². The zero-order chi connectivity index (χ0) is 13.1. The molecule has 2 heterocycles. The fourth-order valence-electron chi connectivity index (χ4n) is 1.90. The van der Waals surface area contributed by atoms with Gasteiger partial charge in [0.05, 0.1) is 16.1 Å². The maximum Gasteiger partial charge on any atom is 0.0931 e. The van der Waals surface area contributed by atoms with Crippen LogP contribution in [0.3, 0.4) is 0 Å². The standard InChI is InChI=1S/C12H17ClN4S/c1-3-8-6-9(17(2)16-8)7-10(15-14)11-4-5-12(13)18-11/h4-6,10,15H,3,7,14H2,1-2H3. The predicted molar refractivity (Wildman–Crippen MR) is 75.7 cm³/mol. The number of nitrogens with zero attached hydrogens (tertiary/aromatic N) is 2. The number of nitrogens with one attached hydrogen (secondary N) is 1. The van der Waals surface area contributed by atoms with Gasteiger partial charge in [0.15, 0.2) is 0 Å². The Balaban J connectivity index is 2.17. The Labute approximate surface area is 116 Å². The number of nitrogens with two attached hydrogens (primary N) is 1. The van der Waals surface area contributed by atoms with Crippen LogP contribution >= 0.6 is 22.9 Å². The molecule has 0 aliphatic carbocycles. The van der Waals surface area contributed by atoms with Crippen molar-refractivity contribution in [1.82, 2.24) is 15.2 Å². The minimum absolute atomic E-state index is 0.0719. The van der Waals surface area contributed by atoms with E-state index in [9.17, 15) is 0 Å². The van der Waals surface area contributed by atoms with Crippen molar-refractivity contribution >= 4 is 22.9 Å². The summed E-state index contributed by atoms with van der Waals surface area (Å²) >= 11 is 7.51. The van der Waals surface area contributed by atoms with Crippen molar-refractivity contribution in [2.75, 3.05) is 0 Å². The quantitative estimate of drug-likeness (QED) is 0.655. The second kappa shape index (κ2) is 5.84. The molecule has 0 radical (unpaired) electrons. The molecule has 2 aromatic heterocycles. The van der Waals surface area contributed by atoms with Crippen LogP contribution in [0.2, 0.25) is 4.34 Å². The average Bonchev–Trinajstić information content (AvgIpc) is 2.93. The van der Waals surface area contributed by atoms with Gasteiger partial charge in [-0.25, -0.2) is 0 Å². The molecule has 18 heavy (non-hydrogen) atoms. The molecule has 6 heteroatoms. The van der Waals surface area contributed by atoms with Crippen LogP contribution in [0.15, 0.2) is 18.2 Å². The van der Waals surface area contributed by atoms with E-state index in [0.717, 1.165) is 27.7 Å². The zero-order valence-corrected chi connectivity index (χ0v) is 12.1. The first-order chi connectivity index (χ1) is 8.63. The van der Waals surface area contributed by atoms with Crippen LogP contribution in [0, 0.1) is 0 Å². The van der Waals surface area contributed by atoms with Gasteiger partial charge in [-0.1, -0.05) is 18.5 Å². The highest BCUT2D eigenvalue weighted by molar-refractivity contribution is 7.16. The summed E-state index contributed by atoms with van der Waals surface area (Å²) in [6.07, 6.45) is 1.75. The Kier molecular flexibility index (Phi) is 4.40. The van der Waals surface area contributed by atoms with Crippen LogP contribution in [0.1, 0.15) is 29.2 Å². The van der Waals surface area contributed by atoms with E-state index in [4.69, 9.17) is 17.4 Å². The number of aromatic nitrogens is 2. The normalized spacial score (nSPS) is 12.9. The number of hydrogen-bond donors (Lipinski definition) is 2. The summed E-state index contributed by atoms with van der Waals surface area (Å²) in [6, 6.07) is 6.10. The Hall–Kier alpha value is -0.880. The minimum atomic E-state index is 0.0719. The summed E-state index contributed by atoms with van der Waals surface area (Å²) in [6.45, 7) is 2.10. The molecule has 0 fully saturated rings. The summed E-state index contributed by atoms with van der Waals surface area (Å²) in [5, 5.41) is 4.44. The molecule has 2 rings (SSSR count). The molecular formula is C12H17ClN4S. The van der Waals surface area contributed by atoms with E-state index < -0.39 is 0 Å². The second-order valence-electron chi connectivity index (χ2n) is 4.17. The monoisotopic (exact) mass is 284 g/mol. The van der Waals surface area contributed by atoms with Crippen molar-refractivity contribution in [2.24, 2.45) is 12.9 Å². The largest absolute Gasteiger partial charge is 0.272 e. The van der Waals surface area contributed by atoms with Gasteiger partial charge in [0.25, 0.3) is 0 Å². The first kappa shape index (κ1) is 13.5. The van der Waals surface area contributed by atoms with Crippen LogP contribution in [-0.2, 0) is 19.9 Å². The summed E-state index contributed by atoms with van der Waals surface area (Å²) in [5.74, 6) is 5.64. The molecular weight excluding hydrogens is 268 g/mol. The van der Waals surface area contributed by atoms with Gasteiger partial charge in [0.1, 0.15) is 0 Å². The van der Waals surface area contributed by atoms with E-state index in [1.807, 2.05) is 23.9 Å². The lowest BCUT2D eigenvalue weighted by atomic mass is 10.1. The van der Waals surface area contributed by atoms with E-state index in [0.29, 0.717) is 0 Å². The van der Waals surface area contributed by atoms with Crippen molar-refractivity contribution in [3.05, 3.63) is 38.8 Å². The Bertz CT molecular complexity index is 520. The Morgan fingerprint density at radius 3 is 2.83 bits per heavy atom. The molecule has 1 atom stereocenters. The van der Waals surface area contributed by atoms with Crippen LogP contribution in [0.4, 0.5) is 0 Å². The molecule has 3 N–H and O–H groups in total. The number of hydrogen-bond acceptors (Lipinski definition) is 4. The third-order valence-corrected chi connectivity index (χ3v) is 4.29. The van der Waals surface area contributed by atoms with Crippen LogP contribution in [0.25, 0.3) is 0 Å². The van der Waals surface area contributed by atoms with Gasteiger partial charge in [-0.3, -0.25) is 16.0 Å². The van der Waals surface area contributed by atoms with E-state index in [-0.39, 0.29) is 6.04 Å². The first-order valence-electron chi connectivity index (χ1n) is 5.87. The second-order valence-corrected chi connectivity index (χ2v) is 5.92. The fourth-order valence-corrected chi connectivity index (χ4v) is 3.02. The lowest BCUT2D eigenvalue weighted by Crippen LogP contribution is -2.29. The highest BCUT2D eigenvalue weighted by Crippen LogP contribution is 2.28. The summed E-state index contributed by atoms with van der Waals surface area (Å²) < 4.78 is 2.70. The van der Waals surface area contributed by atoms with Gasteiger partial charge in [-0.05, 0) is 24.6 Å². The van der Waals surface area contributed by atoms with Gasteiger partial charge in [0.2, 0.25) is 0 Å². The van der Waals surface area contributed by atoms with Gasteiger partial charge in [-0.15, -0.1) is 11.3 Å². The first-order valence-corrected chi connectivity index (χ1v) is 7.06. The Morgan fingerprint density at radius 1 is 1.56 bits per heavy atom. The summed E-state index contributed by atoms with van der Waals surface area (Å²) in [4.78, 5) is 1.14. The minimum Gasteiger partial charge on any atom is -0.272 e. The lowest BCUT2D eigenvalue weighted by Gasteiger charge is -2.13. The summed E-state index contributed by atoms with van der Waals surface area (Å²) in [7, 11) is 1.96. The molecule has 0 bridgehead atoms. The number of thiophene rings is 1. The SMILES string of the molecule is CCc1cc(CC(NN)c2ccc(Cl)s2)n(C)n1. The molecule has 0 aliphatic rings. The van der Waals surface area contributed by atoms with E-state index in [1.54, 1.807) is 11.3 Å². The van der Waals surface area contributed by atoms with Gasteiger partial charge in [0, 0.05) is 24.0 Å². The molecule has 0 aliphatic heterocycles. The average molecular weight is 285 g/mol. The van der Waals surface area contributed by atoms with Crippen molar-refractivity contribution in [2.45, 2.75) is 25.8 Å². The predicted octanol–water partition coefficient (Wildman–Crippen LogP) is 2.44. The van der Waals surface area contributed by atoms with Crippen molar-refractivity contribution < 1.29 is 0 Å². The van der Waals surface area contributed by atoms with E-state index in [2.05, 4.69) is 23.5 Å². The van der Waals surface area contributed by atoms with Gasteiger partial charge < -0.3 is 0 Å².